The van der Waals surface area contributed by atoms with Crippen LogP contribution in [0.15, 0.2) is 60.7 Å². The van der Waals surface area contributed by atoms with E-state index in [4.69, 9.17) is 17.1 Å². The summed E-state index contributed by atoms with van der Waals surface area (Å²) in [5.41, 5.74) is 2.33. The van der Waals surface area contributed by atoms with Gasteiger partial charge in [-0.1, -0.05) is 72.9 Å². The van der Waals surface area contributed by atoms with E-state index in [0.29, 0.717) is 0 Å². The predicted octanol–water partition coefficient (Wildman–Crippen LogP) is 6.81. The Labute approximate surface area is 179 Å². The molecular weight excluding hydrogens is 382 g/mol. The summed E-state index contributed by atoms with van der Waals surface area (Å²) in [6, 6.07) is 20.8. The van der Waals surface area contributed by atoms with E-state index in [1.807, 2.05) is 18.2 Å². The molecule has 3 rings (SSSR count). The molecule has 0 amide bonds. The lowest BCUT2D eigenvalue weighted by atomic mass is 9.82. The summed E-state index contributed by atoms with van der Waals surface area (Å²) < 4.78 is 0.919. The van der Waals surface area contributed by atoms with E-state index < -0.39 is 0 Å². The van der Waals surface area contributed by atoms with Gasteiger partial charge in [0, 0.05) is 16.8 Å². The zero-order valence-corrected chi connectivity index (χ0v) is 19.0. The van der Waals surface area contributed by atoms with Crippen LogP contribution in [0.2, 0.25) is 0 Å². The maximum Gasteiger partial charge on any atom is 0.114 e. The molecule has 28 heavy (non-hydrogen) atoms. The van der Waals surface area contributed by atoms with Crippen LogP contribution in [-0.2, 0) is 4.84 Å². The quantitative estimate of drug-likeness (QED) is 0.482. The van der Waals surface area contributed by atoms with E-state index in [0.717, 1.165) is 28.4 Å². The molecule has 0 spiro atoms. The average Bonchev–Trinajstić information content (AvgIpc) is 2.67. The van der Waals surface area contributed by atoms with Gasteiger partial charge in [0.1, 0.15) is 6.10 Å². The number of hydrogen-bond donors (Lipinski definition) is 0. The van der Waals surface area contributed by atoms with Gasteiger partial charge in [0.05, 0.1) is 4.20 Å². The van der Waals surface area contributed by atoms with Crippen LogP contribution in [0.1, 0.15) is 64.2 Å². The van der Waals surface area contributed by atoms with Crippen molar-refractivity contribution in [2.45, 2.75) is 64.1 Å². The molecule has 2 aromatic carbocycles. The monoisotopic (exact) mass is 413 g/mol. The van der Waals surface area contributed by atoms with Crippen LogP contribution in [-0.4, -0.2) is 26.1 Å². The lowest BCUT2D eigenvalue weighted by molar-refractivity contribution is -0.303. The lowest BCUT2D eigenvalue weighted by Gasteiger charge is -2.52. The SMILES string of the molecule is CC1(C)CCCC(C)(C)N1OC(CSC(=S)c1ccccc1)c1ccccc1. The van der Waals surface area contributed by atoms with Crippen molar-refractivity contribution < 1.29 is 4.84 Å². The first kappa shape index (κ1) is 21.5. The maximum absolute atomic E-state index is 6.75. The standard InChI is InChI=1S/C24H31NOS2/c1-23(2)16-11-17-24(3,4)25(23)26-21(19-12-7-5-8-13-19)18-28-22(27)20-14-9-6-10-15-20/h5-10,12-15,21H,11,16-18H2,1-4H3. The van der Waals surface area contributed by atoms with Gasteiger partial charge < -0.3 is 0 Å². The molecule has 1 saturated heterocycles. The average molecular weight is 414 g/mol. The predicted molar refractivity (Wildman–Crippen MR) is 125 cm³/mol. The minimum atomic E-state index is -0.0375. The molecule has 0 radical (unpaired) electrons. The first-order valence-electron chi connectivity index (χ1n) is 10.0. The van der Waals surface area contributed by atoms with Crippen molar-refractivity contribution in [3.05, 3.63) is 71.8 Å². The van der Waals surface area contributed by atoms with E-state index in [-0.39, 0.29) is 17.2 Å². The fraction of sp³-hybridized carbons (Fsp3) is 0.458. The fourth-order valence-corrected chi connectivity index (χ4v) is 5.25. The molecule has 2 nitrogen and oxygen atoms in total. The van der Waals surface area contributed by atoms with Crippen molar-refractivity contribution in [3.63, 3.8) is 0 Å². The van der Waals surface area contributed by atoms with Gasteiger partial charge in [0.15, 0.2) is 0 Å². The molecule has 150 valence electrons. The van der Waals surface area contributed by atoms with Crippen molar-refractivity contribution >= 4 is 28.2 Å². The molecule has 1 aliphatic rings. The number of thiocarbonyl (C=S) groups is 1. The minimum Gasteiger partial charge on any atom is -0.289 e. The van der Waals surface area contributed by atoms with Crippen molar-refractivity contribution in [2.75, 3.05) is 5.75 Å². The minimum absolute atomic E-state index is 0.0133. The Kier molecular flexibility index (Phi) is 6.98. The largest absolute Gasteiger partial charge is 0.289 e. The Morgan fingerprint density at radius 3 is 2.07 bits per heavy atom. The first-order valence-corrected chi connectivity index (χ1v) is 11.4. The van der Waals surface area contributed by atoms with E-state index in [1.165, 1.54) is 12.0 Å². The normalized spacial score (nSPS) is 19.9. The summed E-state index contributed by atoms with van der Waals surface area (Å²) in [5, 5.41) is 2.26. The zero-order chi connectivity index (χ0) is 20.2. The molecule has 1 fully saturated rings. The Hall–Kier alpha value is -1.20. The topological polar surface area (TPSA) is 12.5 Å². The third kappa shape index (κ3) is 5.24. The van der Waals surface area contributed by atoms with Gasteiger partial charge in [0.2, 0.25) is 0 Å². The number of benzene rings is 2. The van der Waals surface area contributed by atoms with Crippen molar-refractivity contribution in [2.24, 2.45) is 0 Å². The van der Waals surface area contributed by atoms with Crippen LogP contribution in [0, 0.1) is 0 Å². The van der Waals surface area contributed by atoms with Crippen LogP contribution < -0.4 is 0 Å². The smallest absolute Gasteiger partial charge is 0.114 e. The molecule has 0 saturated carbocycles. The number of rotatable bonds is 6. The highest BCUT2D eigenvalue weighted by atomic mass is 32.2. The summed E-state index contributed by atoms with van der Waals surface area (Å²) in [4.78, 5) is 6.75. The Morgan fingerprint density at radius 2 is 1.50 bits per heavy atom. The molecule has 1 atom stereocenters. The van der Waals surface area contributed by atoms with Crippen molar-refractivity contribution in [1.29, 1.82) is 0 Å². The molecule has 0 aromatic heterocycles. The molecule has 0 N–H and O–H groups in total. The molecule has 1 aliphatic heterocycles. The molecule has 1 unspecified atom stereocenters. The van der Waals surface area contributed by atoms with Gasteiger partial charge in [0.25, 0.3) is 0 Å². The Bertz CT molecular complexity index is 758. The molecule has 0 bridgehead atoms. The number of piperidine rings is 1. The summed E-state index contributed by atoms with van der Waals surface area (Å²) in [6.07, 6.45) is 3.49. The highest BCUT2D eigenvalue weighted by molar-refractivity contribution is 8.23. The Balaban J connectivity index is 1.79. The number of hydroxylamine groups is 2. The van der Waals surface area contributed by atoms with Crippen LogP contribution in [0.5, 0.6) is 0 Å². The van der Waals surface area contributed by atoms with Crippen LogP contribution in [0.25, 0.3) is 0 Å². The van der Waals surface area contributed by atoms with Crippen molar-refractivity contribution in [1.82, 2.24) is 5.06 Å². The van der Waals surface area contributed by atoms with Gasteiger partial charge in [-0.05, 0) is 58.1 Å². The van der Waals surface area contributed by atoms with Gasteiger partial charge in [-0.25, -0.2) is 0 Å². The van der Waals surface area contributed by atoms with Gasteiger partial charge in [-0.15, -0.1) is 11.8 Å². The zero-order valence-electron chi connectivity index (χ0n) is 17.4. The van der Waals surface area contributed by atoms with E-state index in [2.05, 4.69) is 75.2 Å². The van der Waals surface area contributed by atoms with Gasteiger partial charge in [-0.3, -0.25) is 4.84 Å². The lowest BCUT2D eigenvalue weighted by Crippen LogP contribution is -2.58. The van der Waals surface area contributed by atoms with Gasteiger partial charge in [-0.2, -0.15) is 5.06 Å². The van der Waals surface area contributed by atoms with E-state index in [9.17, 15) is 0 Å². The van der Waals surface area contributed by atoms with E-state index >= 15 is 0 Å². The van der Waals surface area contributed by atoms with Crippen LogP contribution in [0.4, 0.5) is 0 Å². The molecule has 4 heteroatoms. The summed E-state index contributed by atoms with van der Waals surface area (Å²) in [5.74, 6) is 0.792. The first-order chi connectivity index (χ1) is 13.3. The van der Waals surface area contributed by atoms with E-state index in [1.54, 1.807) is 11.8 Å². The van der Waals surface area contributed by atoms with Crippen LogP contribution >= 0.6 is 24.0 Å². The summed E-state index contributed by atoms with van der Waals surface area (Å²) in [6.45, 7) is 9.16. The fourth-order valence-electron chi connectivity index (χ4n) is 4.05. The number of thioether (sulfide) groups is 1. The Morgan fingerprint density at radius 1 is 0.964 bits per heavy atom. The third-order valence-corrected chi connectivity index (χ3v) is 7.01. The highest BCUT2D eigenvalue weighted by Gasteiger charge is 2.43. The molecule has 2 aromatic rings. The molecule has 1 heterocycles. The molecular formula is C24H31NOS2. The maximum atomic E-state index is 6.75. The second-order valence-corrected chi connectivity index (χ2v) is 10.4. The summed E-state index contributed by atoms with van der Waals surface area (Å²) in [7, 11) is 0. The second kappa shape index (κ2) is 9.08. The number of hydrogen-bond acceptors (Lipinski definition) is 4. The van der Waals surface area contributed by atoms with Crippen molar-refractivity contribution in [3.8, 4) is 0 Å². The second-order valence-electron chi connectivity index (χ2n) is 8.74. The molecule has 0 aliphatic carbocycles. The summed E-state index contributed by atoms with van der Waals surface area (Å²) >= 11 is 7.38. The third-order valence-electron chi connectivity index (χ3n) is 5.46. The van der Waals surface area contributed by atoms with Crippen LogP contribution in [0.3, 0.4) is 0 Å². The number of nitrogens with zero attached hydrogens (tertiary/aromatic N) is 1. The van der Waals surface area contributed by atoms with Gasteiger partial charge >= 0.3 is 0 Å². The highest BCUT2D eigenvalue weighted by Crippen LogP contribution is 2.41.